The van der Waals surface area contributed by atoms with Crippen LogP contribution in [0.2, 0.25) is 5.02 Å². The lowest BCUT2D eigenvalue weighted by Gasteiger charge is -2.29. The van der Waals surface area contributed by atoms with Gasteiger partial charge < -0.3 is 5.73 Å². The van der Waals surface area contributed by atoms with Crippen LogP contribution in [0.4, 0.5) is 0 Å². The Morgan fingerprint density at radius 3 is 2.88 bits per heavy atom. The topological polar surface area (TPSA) is 60.0 Å². The van der Waals surface area contributed by atoms with Gasteiger partial charge in [-0.05, 0) is 42.4 Å². The number of nitrogens with two attached hydrogens (primary N) is 1. The van der Waals surface area contributed by atoms with E-state index in [4.69, 9.17) is 17.3 Å². The van der Waals surface area contributed by atoms with Crippen LogP contribution in [0.25, 0.3) is 5.69 Å². The first-order chi connectivity index (χ1) is 11.2. The third kappa shape index (κ3) is 3.45. The highest BCUT2D eigenvalue weighted by Gasteiger charge is 2.38. The molecule has 24 heavy (non-hydrogen) atoms. The molecular formula is C17H23Cl2N5. The average molecular weight is 368 g/mol. The molecule has 2 aromatic rings. The molecule has 1 saturated heterocycles. The van der Waals surface area contributed by atoms with E-state index in [-0.39, 0.29) is 12.4 Å². The lowest BCUT2D eigenvalue weighted by Crippen LogP contribution is -2.38. The summed E-state index contributed by atoms with van der Waals surface area (Å²) >= 11 is 6.18. The molecule has 4 rings (SSSR count). The Morgan fingerprint density at radius 1 is 1.25 bits per heavy atom. The Hall–Kier alpha value is -1.14. The normalized spacial score (nSPS) is 26.8. The van der Waals surface area contributed by atoms with Crippen molar-refractivity contribution in [1.82, 2.24) is 19.7 Å². The van der Waals surface area contributed by atoms with Crippen LogP contribution in [0.3, 0.4) is 0 Å². The number of aromatic nitrogens is 3. The Kier molecular flexibility index (Phi) is 5.45. The van der Waals surface area contributed by atoms with E-state index in [0.29, 0.717) is 12.0 Å². The number of rotatable bonds is 3. The van der Waals surface area contributed by atoms with Crippen LogP contribution >= 0.6 is 24.0 Å². The molecule has 7 heteroatoms. The van der Waals surface area contributed by atoms with E-state index in [1.807, 2.05) is 12.1 Å². The molecule has 2 aliphatic rings. The maximum Gasteiger partial charge on any atom is 0.138 e. The van der Waals surface area contributed by atoms with Gasteiger partial charge in [0.15, 0.2) is 0 Å². The Bertz CT molecular complexity index is 676. The van der Waals surface area contributed by atoms with Crippen molar-refractivity contribution in [1.29, 1.82) is 0 Å². The van der Waals surface area contributed by atoms with E-state index >= 15 is 0 Å². The monoisotopic (exact) mass is 367 g/mol. The smallest absolute Gasteiger partial charge is 0.138 e. The Labute approximate surface area is 153 Å². The summed E-state index contributed by atoms with van der Waals surface area (Å²) in [5, 5.41) is 4.97. The van der Waals surface area contributed by atoms with Gasteiger partial charge in [-0.1, -0.05) is 24.1 Å². The second-order valence-electron chi connectivity index (χ2n) is 6.83. The molecule has 130 valence electrons. The summed E-state index contributed by atoms with van der Waals surface area (Å²) in [7, 11) is 0. The van der Waals surface area contributed by atoms with Crippen molar-refractivity contribution in [3.63, 3.8) is 0 Å². The second-order valence-corrected chi connectivity index (χ2v) is 7.26. The summed E-state index contributed by atoms with van der Waals surface area (Å²) in [5.74, 6) is 1.42. The van der Waals surface area contributed by atoms with Crippen LogP contribution < -0.4 is 5.73 Å². The summed E-state index contributed by atoms with van der Waals surface area (Å²) in [6, 6.07) is 6.38. The summed E-state index contributed by atoms with van der Waals surface area (Å²) in [5.41, 5.74) is 8.57. The van der Waals surface area contributed by atoms with Crippen molar-refractivity contribution in [2.45, 2.75) is 31.8 Å². The van der Waals surface area contributed by atoms with Crippen molar-refractivity contribution in [3.05, 3.63) is 41.4 Å². The van der Waals surface area contributed by atoms with Crippen molar-refractivity contribution < 1.29 is 0 Å². The highest BCUT2D eigenvalue weighted by Crippen LogP contribution is 2.36. The van der Waals surface area contributed by atoms with Crippen LogP contribution in [0.5, 0.6) is 0 Å². The van der Waals surface area contributed by atoms with Gasteiger partial charge in [-0.25, -0.2) is 9.67 Å². The number of nitrogens with zero attached hydrogens (tertiary/aromatic N) is 4. The lowest BCUT2D eigenvalue weighted by atomic mass is 9.78. The second kappa shape index (κ2) is 7.40. The van der Waals surface area contributed by atoms with Gasteiger partial charge in [0.05, 0.1) is 5.69 Å². The average Bonchev–Trinajstić information content (AvgIpc) is 3.19. The standard InChI is InChI=1S/C17H22ClN5.ClH/c18-14-5-4-13(17(6-14)23-11-20-10-21-23)8-22-7-12-2-1-3-16(19)15(12)9-22;/h4-6,10-12,15-16H,1-3,7-9,19H2;1H. The maximum absolute atomic E-state index is 6.34. The fraction of sp³-hybridized carbons (Fsp3) is 0.529. The fourth-order valence-corrected chi connectivity index (χ4v) is 4.36. The third-order valence-corrected chi connectivity index (χ3v) is 5.57. The van der Waals surface area contributed by atoms with Crippen LogP contribution in [0, 0.1) is 11.8 Å². The van der Waals surface area contributed by atoms with E-state index in [0.717, 1.165) is 36.3 Å². The molecule has 0 radical (unpaired) electrons. The van der Waals surface area contributed by atoms with Gasteiger partial charge in [-0.3, -0.25) is 4.90 Å². The summed E-state index contributed by atoms with van der Waals surface area (Å²) < 4.78 is 1.79. The molecule has 0 bridgehead atoms. The quantitative estimate of drug-likeness (QED) is 0.905. The van der Waals surface area contributed by atoms with E-state index < -0.39 is 0 Å². The molecule has 1 aromatic heterocycles. The molecular weight excluding hydrogens is 345 g/mol. The molecule has 1 aromatic carbocycles. The molecule has 3 atom stereocenters. The van der Waals surface area contributed by atoms with E-state index in [1.165, 1.54) is 24.8 Å². The van der Waals surface area contributed by atoms with Crippen molar-refractivity contribution in [2.24, 2.45) is 17.6 Å². The minimum absolute atomic E-state index is 0. The largest absolute Gasteiger partial charge is 0.327 e. The summed E-state index contributed by atoms with van der Waals surface area (Å²) in [4.78, 5) is 6.58. The van der Waals surface area contributed by atoms with Gasteiger partial charge in [0.1, 0.15) is 12.7 Å². The predicted molar refractivity (Wildman–Crippen MR) is 97.7 cm³/mol. The number of likely N-dealkylation sites (tertiary alicyclic amines) is 1. The van der Waals surface area contributed by atoms with Crippen molar-refractivity contribution in [2.75, 3.05) is 13.1 Å². The van der Waals surface area contributed by atoms with Gasteiger partial charge in [0.25, 0.3) is 0 Å². The highest BCUT2D eigenvalue weighted by atomic mass is 35.5. The van der Waals surface area contributed by atoms with Crippen molar-refractivity contribution >= 4 is 24.0 Å². The zero-order valence-corrected chi connectivity index (χ0v) is 15.1. The number of benzene rings is 1. The minimum Gasteiger partial charge on any atom is -0.327 e. The summed E-state index contributed by atoms with van der Waals surface area (Å²) in [6.07, 6.45) is 7.05. The van der Waals surface area contributed by atoms with Gasteiger partial charge >= 0.3 is 0 Å². The van der Waals surface area contributed by atoms with E-state index in [2.05, 4.69) is 21.0 Å². The molecule has 5 nitrogen and oxygen atoms in total. The highest BCUT2D eigenvalue weighted by molar-refractivity contribution is 6.30. The fourth-order valence-electron chi connectivity index (χ4n) is 4.20. The van der Waals surface area contributed by atoms with E-state index in [1.54, 1.807) is 17.3 Å². The number of halogens is 2. The first-order valence-corrected chi connectivity index (χ1v) is 8.70. The van der Waals surface area contributed by atoms with Gasteiger partial charge in [0, 0.05) is 30.7 Å². The molecule has 1 aliphatic heterocycles. The van der Waals surface area contributed by atoms with Crippen LogP contribution in [-0.2, 0) is 6.54 Å². The molecule has 2 heterocycles. The zero-order chi connectivity index (χ0) is 15.8. The third-order valence-electron chi connectivity index (χ3n) is 5.34. The Balaban J connectivity index is 0.00000169. The maximum atomic E-state index is 6.34. The van der Waals surface area contributed by atoms with Gasteiger partial charge in [-0.2, -0.15) is 5.10 Å². The van der Waals surface area contributed by atoms with Gasteiger partial charge in [0.2, 0.25) is 0 Å². The number of fused-ring (bicyclic) bond motifs is 1. The minimum atomic E-state index is 0. The first kappa shape index (κ1) is 17.7. The lowest BCUT2D eigenvalue weighted by molar-refractivity contribution is 0.259. The van der Waals surface area contributed by atoms with Crippen LogP contribution in [0.15, 0.2) is 30.9 Å². The number of hydrogen-bond donors (Lipinski definition) is 1. The Morgan fingerprint density at radius 2 is 2.12 bits per heavy atom. The first-order valence-electron chi connectivity index (χ1n) is 8.32. The van der Waals surface area contributed by atoms with Gasteiger partial charge in [-0.15, -0.1) is 12.4 Å². The number of hydrogen-bond acceptors (Lipinski definition) is 4. The predicted octanol–water partition coefficient (Wildman–Crippen LogP) is 2.90. The molecule has 0 spiro atoms. The molecule has 0 amide bonds. The molecule has 1 saturated carbocycles. The molecule has 3 unspecified atom stereocenters. The SMILES string of the molecule is Cl.NC1CCCC2CN(Cc3ccc(Cl)cc3-n3cncn3)CC12. The molecule has 1 aliphatic carbocycles. The van der Waals surface area contributed by atoms with E-state index in [9.17, 15) is 0 Å². The van der Waals surface area contributed by atoms with Crippen LogP contribution in [0.1, 0.15) is 24.8 Å². The van der Waals surface area contributed by atoms with Crippen molar-refractivity contribution in [3.8, 4) is 5.69 Å². The molecule has 2 fully saturated rings. The molecule has 2 N–H and O–H groups in total. The zero-order valence-electron chi connectivity index (χ0n) is 13.5. The summed E-state index contributed by atoms with van der Waals surface area (Å²) in [6.45, 7) is 3.16. The van der Waals surface area contributed by atoms with Crippen LogP contribution in [-0.4, -0.2) is 38.8 Å².